The number of hydrogen-bond acceptors (Lipinski definition) is 2. The molecule has 2 heteroatoms. The molecule has 0 aliphatic heterocycles. The summed E-state index contributed by atoms with van der Waals surface area (Å²) in [4.78, 5) is 0. The van der Waals surface area contributed by atoms with Gasteiger partial charge < -0.3 is 10.1 Å². The molecule has 0 saturated heterocycles. The van der Waals surface area contributed by atoms with Gasteiger partial charge in [-0.2, -0.15) is 0 Å². The van der Waals surface area contributed by atoms with Crippen molar-refractivity contribution in [2.75, 3.05) is 26.8 Å². The molecule has 0 atom stereocenters. The first-order valence-corrected chi connectivity index (χ1v) is 8.50. The van der Waals surface area contributed by atoms with Crippen LogP contribution >= 0.6 is 0 Å². The standard InChI is InChI=1S/C17H33NO/c1-3-4-5-15-8-10-17(11-9-15,16-6-7-16)14-18-12-13-19-2/h15-16,18H,3-14H2,1-2H3. The highest BCUT2D eigenvalue weighted by molar-refractivity contribution is 4.98. The Hall–Kier alpha value is -0.0800. The van der Waals surface area contributed by atoms with Gasteiger partial charge in [0.05, 0.1) is 6.61 Å². The van der Waals surface area contributed by atoms with Gasteiger partial charge in [-0.25, -0.2) is 0 Å². The van der Waals surface area contributed by atoms with Crippen molar-refractivity contribution in [2.45, 2.75) is 64.7 Å². The summed E-state index contributed by atoms with van der Waals surface area (Å²) in [6.07, 6.45) is 13.2. The van der Waals surface area contributed by atoms with Gasteiger partial charge in [0.2, 0.25) is 0 Å². The Morgan fingerprint density at radius 3 is 2.47 bits per heavy atom. The molecule has 2 nitrogen and oxygen atoms in total. The van der Waals surface area contributed by atoms with E-state index in [1.54, 1.807) is 7.11 Å². The number of nitrogens with one attached hydrogen (secondary N) is 1. The van der Waals surface area contributed by atoms with Gasteiger partial charge in [-0.15, -0.1) is 0 Å². The molecular formula is C17H33NO. The van der Waals surface area contributed by atoms with Crippen molar-refractivity contribution >= 4 is 0 Å². The maximum Gasteiger partial charge on any atom is 0.0587 e. The van der Waals surface area contributed by atoms with E-state index in [1.807, 2.05) is 0 Å². The highest BCUT2D eigenvalue weighted by Gasteiger charge is 2.46. The Morgan fingerprint density at radius 2 is 1.89 bits per heavy atom. The fraction of sp³-hybridized carbons (Fsp3) is 1.00. The fourth-order valence-corrected chi connectivity index (χ4v) is 3.97. The molecule has 0 unspecified atom stereocenters. The molecule has 0 heterocycles. The van der Waals surface area contributed by atoms with E-state index in [-0.39, 0.29) is 0 Å². The predicted octanol–water partition coefficient (Wildman–Crippen LogP) is 4.00. The first kappa shape index (κ1) is 15.3. The van der Waals surface area contributed by atoms with Gasteiger partial charge >= 0.3 is 0 Å². The van der Waals surface area contributed by atoms with E-state index in [9.17, 15) is 0 Å². The van der Waals surface area contributed by atoms with Gasteiger partial charge in [-0.05, 0) is 55.8 Å². The third kappa shape index (κ3) is 4.46. The zero-order valence-corrected chi connectivity index (χ0v) is 13.0. The summed E-state index contributed by atoms with van der Waals surface area (Å²) < 4.78 is 5.14. The third-order valence-electron chi connectivity index (χ3n) is 5.47. The Kier molecular flexibility index (Phi) is 6.15. The Labute approximate surface area is 119 Å². The molecule has 19 heavy (non-hydrogen) atoms. The molecule has 0 radical (unpaired) electrons. The van der Waals surface area contributed by atoms with Crippen molar-refractivity contribution in [2.24, 2.45) is 17.3 Å². The van der Waals surface area contributed by atoms with Crippen LogP contribution in [0.5, 0.6) is 0 Å². The molecule has 112 valence electrons. The van der Waals surface area contributed by atoms with Gasteiger partial charge in [0, 0.05) is 20.2 Å². The van der Waals surface area contributed by atoms with Crippen molar-refractivity contribution in [1.82, 2.24) is 5.32 Å². The second kappa shape index (κ2) is 7.64. The molecule has 0 aromatic carbocycles. The highest BCUT2D eigenvalue weighted by atomic mass is 16.5. The van der Waals surface area contributed by atoms with Crippen molar-refractivity contribution < 1.29 is 4.74 Å². The monoisotopic (exact) mass is 267 g/mol. The molecule has 0 bridgehead atoms. The quantitative estimate of drug-likeness (QED) is 0.638. The molecule has 2 aliphatic carbocycles. The summed E-state index contributed by atoms with van der Waals surface area (Å²) in [6.45, 7) is 5.42. The van der Waals surface area contributed by atoms with Gasteiger partial charge in [0.1, 0.15) is 0 Å². The molecule has 2 saturated carbocycles. The van der Waals surface area contributed by atoms with E-state index < -0.39 is 0 Å². The SMILES string of the molecule is CCCCC1CCC(CNCCOC)(C2CC2)CC1. The summed E-state index contributed by atoms with van der Waals surface area (Å²) in [7, 11) is 1.79. The van der Waals surface area contributed by atoms with E-state index in [2.05, 4.69) is 12.2 Å². The summed E-state index contributed by atoms with van der Waals surface area (Å²) in [5.41, 5.74) is 0.649. The lowest BCUT2D eigenvalue weighted by molar-refractivity contribution is 0.108. The van der Waals surface area contributed by atoms with Gasteiger partial charge in [-0.1, -0.05) is 26.2 Å². The van der Waals surface area contributed by atoms with Crippen LogP contribution in [-0.4, -0.2) is 26.8 Å². The van der Waals surface area contributed by atoms with Crippen LogP contribution in [0.4, 0.5) is 0 Å². The topological polar surface area (TPSA) is 21.3 Å². The van der Waals surface area contributed by atoms with Crippen LogP contribution < -0.4 is 5.32 Å². The molecule has 2 fully saturated rings. The van der Waals surface area contributed by atoms with Crippen LogP contribution in [0, 0.1) is 17.3 Å². The van der Waals surface area contributed by atoms with E-state index >= 15 is 0 Å². The number of unbranched alkanes of at least 4 members (excludes halogenated alkanes) is 1. The fourth-order valence-electron chi connectivity index (χ4n) is 3.97. The minimum absolute atomic E-state index is 0.649. The Balaban J connectivity index is 1.75. The summed E-state index contributed by atoms with van der Waals surface area (Å²) in [5, 5.41) is 3.65. The normalized spacial score (nSPS) is 31.6. The van der Waals surface area contributed by atoms with Crippen LogP contribution in [-0.2, 0) is 4.74 Å². The van der Waals surface area contributed by atoms with Crippen molar-refractivity contribution in [3.8, 4) is 0 Å². The predicted molar refractivity (Wildman–Crippen MR) is 81.4 cm³/mol. The van der Waals surface area contributed by atoms with Crippen molar-refractivity contribution in [1.29, 1.82) is 0 Å². The average molecular weight is 267 g/mol. The van der Waals surface area contributed by atoms with Gasteiger partial charge in [0.25, 0.3) is 0 Å². The average Bonchev–Trinajstić information content (AvgIpc) is 3.28. The smallest absolute Gasteiger partial charge is 0.0587 e. The summed E-state index contributed by atoms with van der Waals surface area (Å²) in [6, 6.07) is 0. The number of ether oxygens (including phenoxy) is 1. The molecule has 1 N–H and O–H groups in total. The van der Waals surface area contributed by atoms with Crippen LogP contribution in [0.2, 0.25) is 0 Å². The number of hydrogen-bond donors (Lipinski definition) is 1. The van der Waals surface area contributed by atoms with Crippen LogP contribution in [0.1, 0.15) is 64.7 Å². The maximum absolute atomic E-state index is 5.14. The lowest BCUT2D eigenvalue weighted by atomic mass is 9.66. The van der Waals surface area contributed by atoms with Gasteiger partial charge in [0.15, 0.2) is 0 Å². The van der Waals surface area contributed by atoms with Crippen LogP contribution in [0.25, 0.3) is 0 Å². The molecule has 2 aliphatic rings. The first-order valence-electron chi connectivity index (χ1n) is 8.50. The summed E-state index contributed by atoms with van der Waals surface area (Å²) in [5.74, 6) is 2.07. The van der Waals surface area contributed by atoms with E-state index in [1.165, 1.54) is 64.3 Å². The van der Waals surface area contributed by atoms with E-state index in [0.29, 0.717) is 5.41 Å². The minimum Gasteiger partial charge on any atom is -0.383 e. The Morgan fingerprint density at radius 1 is 1.16 bits per heavy atom. The lowest BCUT2D eigenvalue weighted by Crippen LogP contribution is -2.40. The van der Waals surface area contributed by atoms with E-state index in [0.717, 1.165) is 25.0 Å². The Bertz CT molecular complexity index is 242. The van der Waals surface area contributed by atoms with Gasteiger partial charge in [-0.3, -0.25) is 0 Å². The zero-order chi connectivity index (χ0) is 13.6. The van der Waals surface area contributed by atoms with Crippen LogP contribution in [0.15, 0.2) is 0 Å². The second-order valence-electron chi connectivity index (χ2n) is 6.89. The minimum atomic E-state index is 0.649. The highest BCUT2D eigenvalue weighted by Crippen LogP contribution is 2.54. The second-order valence-corrected chi connectivity index (χ2v) is 6.89. The molecule has 0 aromatic heterocycles. The molecule has 0 amide bonds. The van der Waals surface area contributed by atoms with Crippen molar-refractivity contribution in [3.05, 3.63) is 0 Å². The summed E-state index contributed by atoms with van der Waals surface area (Å²) >= 11 is 0. The number of rotatable bonds is 9. The van der Waals surface area contributed by atoms with E-state index in [4.69, 9.17) is 4.74 Å². The largest absolute Gasteiger partial charge is 0.383 e. The molecule has 2 rings (SSSR count). The molecular weight excluding hydrogens is 234 g/mol. The lowest BCUT2D eigenvalue weighted by Gasteiger charge is -2.41. The van der Waals surface area contributed by atoms with Crippen molar-refractivity contribution in [3.63, 3.8) is 0 Å². The maximum atomic E-state index is 5.14. The third-order valence-corrected chi connectivity index (χ3v) is 5.47. The van der Waals surface area contributed by atoms with Crippen LogP contribution in [0.3, 0.4) is 0 Å². The first-order chi connectivity index (χ1) is 9.30. The number of methoxy groups -OCH3 is 1. The molecule has 0 aromatic rings. The molecule has 0 spiro atoms. The zero-order valence-electron chi connectivity index (χ0n) is 13.0.